The van der Waals surface area contributed by atoms with Crippen LogP contribution in [0.2, 0.25) is 0 Å². The molecule has 3 N–H and O–H groups in total. The second-order valence-electron chi connectivity index (χ2n) is 4.53. The van der Waals surface area contributed by atoms with Crippen molar-refractivity contribution in [2.24, 2.45) is 5.92 Å². The van der Waals surface area contributed by atoms with Crippen molar-refractivity contribution in [2.75, 3.05) is 24.2 Å². The van der Waals surface area contributed by atoms with E-state index in [2.05, 4.69) is 27.5 Å². The minimum atomic E-state index is -0.0919. The Morgan fingerprint density at radius 3 is 2.65 bits per heavy atom. The van der Waals surface area contributed by atoms with Crippen molar-refractivity contribution >= 4 is 11.6 Å². The zero-order valence-corrected chi connectivity index (χ0v) is 10.4. The van der Waals surface area contributed by atoms with Crippen LogP contribution in [0, 0.1) is 5.92 Å². The number of nitrogens with zero attached hydrogens (tertiary/aromatic N) is 2. The van der Waals surface area contributed by atoms with Crippen LogP contribution in [0.5, 0.6) is 0 Å². The highest BCUT2D eigenvalue weighted by molar-refractivity contribution is 5.57. The van der Waals surface area contributed by atoms with Crippen molar-refractivity contribution in [1.82, 2.24) is 9.97 Å². The van der Waals surface area contributed by atoms with Gasteiger partial charge in [0.2, 0.25) is 0 Å². The Morgan fingerprint density at radius 2 is 2.06 bits per heavy atom. The van der Waals surface area contributed by atoms with Gasteiger partial charge in [0.05, 0.1) is 6.10 Å². The van der Waals surface area contributed by atoms with Crippen LogP contribution in [-0.2, 0) is 6.42 Å². The molecule has 0 unspecified atom stereocenters. The average Bonchev–Trinajstić information content (AvgIpc) is 2.32. The Kier molecular flexibility index (Phi) is 3.78. The van der Waals surface area contributed by atoms with Crippen molar-refractivity contribution in [1.29, 1.82) is 0 Å². The van der Waals surface area contributed by atoms with E-state index in [1.54, 1.807) is 6.33 Å². The van der Waals surface area contributed by atoms with Crippen LogP contribution in [0.3, 0.4) is 0 Å². The second-order valence-corrected chi connectivity index (χ2v) is 4.53. The van der Waals surface area contributed by atoms with E-state index < -0.39 is 0 Å². The summed E-state index contributed by atoms with van der Waals surface area (Å²) in [6, 6.07) is 0. The molecule has 1 heterocycles. The van der Waals surface area contributed by atoms with Crippen LogP contribution in [-0.4, -0.2) is 34.8 Å². The van der Waals surface area contributed by atoms with E-state index in [4.69, 9.17) is 0 Å². The first-order valence-corrected chi connectivity index (χ1v) is 6.18. The van der Waals surface area contributed by atoms with Gasteiger partial charge in [0.1, 0.15) is 18.0 Å². The highest BCUT2D eigenvalue weighted by atomic mass is 16.3. The summed E-state index contributed by atoms with van der Waals surface area (Å²) in [6.07, 6.45) is 4.18. The molecule has 5 heteroatoms. The summed E-state index contributed by atoms with van der Waals surface area (Å²) < 4.78 is 0. The van der Waals surface area contributed by atoms with Gasteiger partial charge in [-0.2, -0.15) is 0 Å². The summed E-state index contributed by atoms with van der Waals surface area (Å²) in [5, 5.41) is 15.7. The lowest BCUT2D eigenvalue weighted by molar-refractivity contribution is 0.0486. The molecule has 1 aromatic heterocycles. The fourth-order valence-corrected chi connectivity index (χ4v) is 2.22. The van der Waals surface area contributed by atoms with Crippen molar-refractivity contribution in [3.63, 3.8) is 0 Å². The molecule has 0 aromatic carbocycles. The molecule has 0 atom stereocenters. The topological polar surface area (TPSA) is 70.1 Å². The Balaban J connectivity index is 1.99. The lowest BCUT2D eigenvalue weighted by Gasteiger charge is -2.31. The van der Waals surface area contributed by atoms with Crippen molar-refractivity contribution in [2.45, 2.75) is 32.3 Å². The SMILES string of the molecule is CCc1c(NC)ncnc1NCC1CC(O)C1. The van der Waals surface area contributed by atoms with Gasteiger partial charge < -0.3 is 15.7 Å². The second kappa shape index (κ2) is 5.31. The summed E-state index contributed by atoms with van der Waals surface area (Å²) in [5.74, 6) is 2.37. The number of aliphatic hydroxyl groups excluding tert-OH is 1. The number of hydrogen-bond donors (Lipinski definition) is 3. The van der Waals surface area contributed by atoms with E-state index in [-0.39, 0.29) is 6.10 Å². The average molecular weight is 236 g/mol. The van der Waals surface area contributed by atoms with Crippen LogP contribution in [0.25, 0.3) is 0 Å². The van der Waals surface area contributed by atoms with Gasteiger partial charge in [0, 0.05) is 19.2 Å². The van der Waals surface area contributed by atoms with Gasteiger partial charge in [-0.3, -0.25) is 0 Å². The maximum Gasteiger partial charge on any atom is 0.134 e. The summed E-state index contributed by atoms with van der Waals surface area (Å²) in [6.45, 7) is 2.97. The molecule has 0 aliphatic heterocycles. The van der Waals surface area contributed by atoms with E-state index in [0.717, 1.165) is 43.0 Å². The highest BCUT2D eigenvalue weighted by Gasteiger charge is 2.26. The van der Waals surface area contributed by atoms with Crippen LogP contribution >= 0.6 is 0 Å². The number of aromatic nitrogens is 2. The molecule has 1 saturated carbocycles. The van der Waals surface area contributed by atoms with Gasteiger partial charge in [0.15, 0.2) is 0 Å². The quantitative estimate of drug-likeness (QED) is 0.718. The Hall–Kier alpha value is -1.36. The first-order chi connectivity index (χ1) is 8.24. The van der Waals surface area contributed by atoms with E-state index >= 15 is 0 Å². The molecule has 0 spiro atoms. The zero-order valence-electron chi connectivity index (χ0n) is 10.4. The Bertz CT molecular complexity index is 377. The van der Waals surface area contributed by atoms with Gasteiger partial charge in [-0.1, -0.05) is 6.92 Å². The number of nitrogens with one attached hydrogen (secondary N) is 2. The maximum atomic E-state index is 9.24. The molecule has 0 amide bonds. The van der Waals surface area contributed by atoms with E-state index in [0.29, 0.717) is 5.92 Å². The number of rotatable bonds is 5. The molecule has 1 aromatic rings. The molecule has 0 radical (unpaired) electrons. The molecule has 1 aliphatic carbocycles. The summed E-state index contributed by atoms with van der Waals surface area (Å²) in [5.41, 5.74) is 1.12. The summed E-state index contributed by atoms with van der Waals surface area (Å²) in [4.78, 5) is 8.48. The molecule has 94 valence electrons. The molecule has 1 aliphatic rings. The minimum Gasteiger partial charge on any atom is -0.393 e. The zero-order chi connectivity index (χ0) is 12.3. The third kappa shape index (κ3) is 2.66. The molecule has 2 rings (SSSR count). The lowest BCUT2D eigenvalue weighted by Crippen LogP contribution is -2.33. The maximum absolute atomic E-state index is 9.24. The van der Waals surface area contributed by atoms with Crippen LogP contribution in [0.1, 0.15) is 25.3 Å². The smallest absolute Gasteiger partial charge is 0.134 e. The van der Waals surface area contributed by atoms with Gasteiger partial charge in [-0.05, 0) is 25.2 Å². The third-order valence-electron chi connectivity index (χ3n) is 3.30. The van der Waals surface area contributed by atoms with Gasteiger partial charge in [0.25, 0.3) is 0 Å². The molecule has 1 fully saturated rings. The molecular weight excluding hydrogens is 216 g/mol. The molecule has 5 nitrogen and oxygen atoms in total. The molecular formula is C12H20N4O. The highest BCUT2D eigenvalue weighted by Crippen LogP contribution is 2.28. The molecule has 0 saturated heterocycles. The monoisotopic (exact) mass is 236 g/mol. The number of hydrogen-bond acceptors (Lipinski definition) is 5. The Morgan fingerprint density at radius 1 is 1.35 bits per heavy atom. The summed E-state index contributed by atoms with van der Waals surface area (Å²) in [7, 11) is 1.87. The minimum absolute atomic E-state index is 0.0919. The fourth-order valence-electron chi connectivity index (χ4n) is 2.22. The largest absolute Gasteiger partial charge is 0.393 e. The van der Waals surface area contributed by atoms with Crippen LogP contribution in [0.4, 0.5) is 11.6 Å². The number of aliphatic hydroxyl groups is 1. The van der Waals surface area contributed by atoms with Gasteiger partial charge >= 0.3 is 0 Å². The first kappa shape index (κ1) is 12.1. The molecule has 17 heavy (non-hydrogen) atoms. The third-order valence-corrected chi connectivity index (χ3v) is 3.30. The standard InChI is InChI=1S/C12H20N4O/c1-3-10-11(13-2)15-7-16-12(10)14-6-8-4-9(17)5-8/h7-9,17H,3-6H2,1-2H3,(H2,13,14,15,16). The van der Waals surface area contributed by atoms with Crippen LogP contribution in [0.15, 0.2) is 6.33 Å². The predicted molar refractivity (Wildman–Crippen MR) is 68.2 cm³/mol. The fraction of sp³-hybridized carbons (Fsp3) is 0.667. The van der Waals surface area contributed by atoms with E-state index in [1.165, 1.54) is 0 Å². The molecule has 0 bridgehead atoms. The van der Waals surface area contributed by atoms with Crippen molar-refractivity contribution in [3.05, 3.63) is 11.9 Å². The van der Waals surface area contributed by atoms with Crippen molar-refractivity contribution < 1.29 is 5.11 Å². The lowest BCUT2D eigenvalue weighted by atomic mass is 9.82. The number of anilines is 2. The van der Waals surface area contributed by atoms with E-state index in [9.17, 15) is 5.11 Å². The van der Waals surface area contributed by atoms with Gasteiger partial charge in [-0.25, -0.2) is 9.97 Å². The first-order valence-electron chi connectivity index (χ1n) is 6.18. The summed E-state index contributed by atoms with van der Waals surface area (Å²) >= 11 is 0. The normalized spacial score (nSPS) is 23.0. The van der Waals surface area contributed by atoms with Crippen molar-refractivity contribution in [3.8, 4) is 0 Å². The van der Waals surface area contributed by atoms with Crippen LogP contribution < -0.4 is 10.6 Å². The van der Waals surface area contributed by atoms with E-state index in [1.807, 2.05) is 7.05 Å². The van der Waals surface area contributed by atoms with Gasteiger partial charge in [-0.15, -0.1) is 0 Å². The predicted octanol–water partition coefficient (Wildman–Crippen LogP) is 1.26. The Labute approximate surface area is 102 Å².